The van der Waals surface area contributed by atoms with E-state index in [4.69, 9.17) is 5.73 Å². The monoisotopic (exact) mass is 279 g/mol. The lowest BCUT2D eigenvalue weighted by Gasteiger charge is -2.05. The summed E-state index contributed by atoms with van der Waals surface area (Å²) in [6.07, 6.45) is 3.35. The van der Waals surface area contributed by atoms with E-state index in [0.29, 0.717) is 23.5 Å². The van der Waals surface area contributed by atoms with Gasteiger partial charge >= 0.3 is 6.18 Å². The Balaban J connectivity index is 2.09. The van der Waals surface area contributed by atoms with E-state index in [0.717, 1.165) is 12.1 Å². The molecule has 3 nitrogen and oxygen atoms in total. The second kappa shape index (κ2) is 5.73. The molecule has 1 aromatic rings. The van der Waals surface area contributed by atoms with Gasteiger partial charge in [0.25, 0.3) is 0 Å². The first-order chi connectivity index (χ1) is 9.45. The van der Waals surface area contributed by atoms with Crippen LogP contribution in [0.2, 0.25) is 0 Å². The van der Waals surface area contributed by atoms with Gasteiger partial charge in [0.2, 0.25) is 0 Å². The Hall–Kier alpha value is -2.37. The molecule has 0 heterocycles. The molecule has 0 saturated carbocycles. The number of hydrogen-bond donors (Lipinski definition) is 1. The Bertz CT molecular complexity index is 593. The zero-order valence-corrected chi connectivity index (χ0v) is 10.4. The largest absolute Gasteiger partial charge is 0.416 e. The maximum Gasteiger partial charge on any atom is 0.416 e. The first-order valence-corrected chi connectivity index (χ1v) is 5.88. The van der Waals surface area contributed by atoms with Gasteiger partial charge in [0.15, 0.2) is 0 Å². The molecule has 0 unspecified atom stereocenters. The van der Waals surface area contributed by atoms with Gasteiger partial charge in [0.1, 0.15) is 0 Å². The summed E-state index contributed by atoms with van der Waals surface area (Å²) in [7, 11) is 0. The van der Waals surface area contributed by atoms with Gasteiger partial charge in [-0.2, -0.15) is 23.4 Å². The average molecular weight is 279 g/mol. The molecule has 1 aromatic carbocycles. The fourth-order valence-corrected chi connectivity index (χ4v) is 1.54. The zero-order chi connectivity index (χ0) is 14.6. The molecule has 1 aliphatic carbocycles. The van der Waals surface area contributed by atoms with E-state index in [1.807, 2.05) is 12.2 Å². The first kappa shape index (κ1) is 14.0. The van der Waals surface area contributed by atoms with Crippen LogP contribution in [0.1, 0.15) is 12.0 Å². The number of nitrogens with zero attached hydrogens (tertiary/aromatic N) is 2. The molecule has 0 saturated heterocycles. The van der Waals surface area contributed by atoms with Gasteiger partial charge in [-0.15, -0.1) is 0 Å². The van der Waals surface area contributed by atoms with Crippen LogP contribution in [0.25, 0.3) is 0 Å². The zero-order valence-electron chi connectivity index (χ0n) is 10.4. The van der Waals surface area contributed by atoms with Crippen molar-refractivity contribution in [3.05, 3.63) is 65.5 Å². The second-order valence-corrected chi connectivity index (χ2v) is 4.15. The second-order valence-electron chi connectivity index (χ2n) is 4.15. The fraction of sp³-hybridized carbons (Fsp3) is 0.143. The Morgan fingerprint density at radius 2 is 1.65 bits per heavy atom. The summed E-state index contributed by atoms with van der Waals surface area (Å²) in [5, 5.41) is 7.86. The number of hydrogen-bond acceptors (Lipinski definition) is 3. The normalized spacial score (nSPS) is 15.9. The third-order valence-corrected chi connectivity index (χ3v) is 2.60. The van der Waals surface area contributed by atoms with Gasteiger partial charge in [-0.3, -0.25) is 0 Å². The summed E-state index contributed by atoms with van der Waals surface area (Å²) in [5.41, 5.74) is 6.53. The number of allylic oxidation sites excluding steroid dienone is 4. The lowest BCUT2D eigenvalue weighted by molar-refractivity contribution is -0.137. The Labute approximate surface area is 114 Å². The number of rotatable bonds is 2. The highest BCUT2D eigenvalue weighted by Gasteiger charge is 2.29. The molecule has 104 valence electrons. The molecular weight excluding hydrogens is 267 g/mol. The van der Waals surface area contributed by atoms with Gasteiger partial charge in [0, 0.05) is 5.70 Å². The van der Waals surface area contributed by atoms with Crippen LogP contribution in [0.4, 0.5) is 18.9 Å². The van der Waals surface area contributed by atoms with Crippen LogP contribution in [0, 0.1) is 0 Å². The van der Waals surface area contributed by atoms with Crippen molar-refractivity contribution in [1.82, 2.24) is 0 Å². The van der Waals surface area contributed by atoms with Crippen molar-refractivity contribution < 1.29 is 13.2 Å². The smallest absolute Gasteiger partial charge is 0.399 e. The summed E-state index contributed by atoms with van der Waals surface area (Å²) in [6, 6.07) is 4.51. The average Bonchev–Trinajstić information content (AvgIpc) is 2.61. The molecule has 2 N–H and O–H groups in total. The highest BCUT2D eigenvalue weighted by atomic mass is 19.4. The maximum atomic E-state index is 12.4. The number of nitrogens with two attached hydrogens (primary N) is 1. The van der Waals surface area contributed by atoms with Crippen molar-refractivity contribution >= 4 is 5.69 Å². The summed E-state index contributed by atoms with van der Waals surface area (Å²) < 4.78 is 37.2. The summed E-state index contributed by atoms with van der Waals surface area (Å²) in [6.45, 7) is 0. The van der Waals surface area contributed by atoms with Crippen LogP contribution < -0.4 is 5.73 Å². The van der Waals surface area contributed by atoms with Crippen molar-refractivity contribution in [3.8, 4) is 0 Å². The highest BCUT2D eigenvalue weighted by Crippen LogP contribution is 2.30. The van der Waals surface area contributed by atoms with Crippen molar-refractivity contribution in [1.29, 1.82) is 0 Å². The molecule has 1 aliphatic rings. The number of azo groups is 1. The van der Waals surface area contributed by atoms with Gasteiger partial charge in [0.05, 0.1) is 16.9 Å². The number of alkyl halides is 3. The minimum absolute atomic E-state index is 0.359. The van der Waals surface area contributed by atoms with Gasteiger partial charge in [-0.25, -0.2) is 0 Å². The molecule has 0 bridgehead atoms. The van der Waals surface area contributed by atoms with E-state index < -0.39 is 11.7 Å². The highest BCUT2D eigenvalue weighted by molar-refractivity contribution is 5.39. The van der Waals surface area contributed by atoms with E-state index in [2.05, 4.69) is 10.2 Å². The van der Waals surface area contributed by atoms with Crippen LogP contribution in [0.15, 0.2) is 70.2 Å². The lowest BCUT2D eigenvalue weighted by Crippen LogP contribution is -2.03. The van der Waals surface area contributed by atoms with Crippen molar-refractivity contribution in [2.75, 3.05) is 0 Å². The minimum atomic E-state index is -4.34. The Morgan fingerprint density at radius 3 is 2.30 bits per heavy atom. The fourth-order valence-electron chi connectivity index (χ4n) is 1.54. The van der Waals surface area contributed by atoms with Crippen LogP contribution in [0.3, 0.4) is 0 Å². The van der Waals surface area contributed by atoms with E-state index in [-0.39, 0.29) is 0 Å². The Morgan fingerprint density at radius 1 is 0.950 bits per heavy atom. The Kier molecular flexibility index (Phi) is 4.02. The van der Waals surface area contributed by atoms with Crippen LogP contribution in [0.5, 0.6) is 0 Å². The van der Waals surface area contributed by atoms with Gasteiger partial charge in [-0.05, 0) is 42.8 Å². The SMILES string of the molecule is NC1=CCC=C(N=Nc2ccc(C(F)(F)F)cc2)C=C1. The predicted octanol–water partition coefficient (Wildman–Crippen LogP) is 4.48. The standard InChI is InChI=1S/C14H12F3N3/c15-14(16,17)10-4-7-13(8-5-10)20-19-12-3-1-2-11(18)6-9-12/h2-9H,1,18H2. The lowest BCUT2D eigenvalue weighted by atomic mass is 10.2. The van der Waals surface area contributed by atoms with Crippen LogP contribution >= 0.6 is 0 Å². The minimum Gasteiger partial charge on any atom is -0.399 e. The van der Waals surface area contributed by atoms with Crippen molar-refractivity contribution in [2.45, 2.75) is 12.6 Å². The van der Waals surface area contributed by atoms with Crippen LogP contribution in [-0.4, -0.2) is 0 Å². The summed E-state index contributed by atoms with van der Waals surface area (Å²) in [5.74, 6) is 0. The van der Waals surface area contributed by atoms with Crippen LogP contribution in [-0.2, 0) is 6.18 Å². The number of benzene rings is 1. The predicted molar refractivity (Wildman–Crippen MR) is 70.1 cm³/mol. The molecule has 0 spiro atoms. The molecule has 6 heteroatoms. The molecule has 2 rings (SSSR count). The number of halogens is 3. The molecular formula is C14H12F3N3. The summed E-state index contributed by atoms with van der Waals surface area (Å²) in [4.78, 5) is 0. The van der Waals surface area contributed by atoms with E-state index in [9.17, 15) is 13.2 Å². The van der Waals surface area contributed by atoms with E-state index in [1.54, 1.807) is 12.2 Å². The molecule has 0 fully saturated rings. The van der Waals surface area contributed by atoms with E-state index in [1.165, 1.54) is 12.1 Å². The van der Waals surface area contributed by atoms with Gasteiger partial charge in [-0.1, -0.05) is 12.2 Å². The third kappa shape index (κ3) is 3.81. The quantitative estimate of drug-likeness (QED) is 0.797. The molecule has 20 heavy (non-hydrogen) atoms. The topological polar surface area (TPSA) is 50.7 Å². The molecule has 0 aliphatic heterocycles. The summed E-state index contributed by atoms with van der Waals surface area (Å²) >= 11 is 0. The molecule has 0 atom stereocenters. The first-order valence-electron chi connectivity index (χ1n) is 5.88. The van der Waals surface area contributed by atoms with Gasteiger partial charge < -0.3 is 5.73 Å². The molecule has 0 amide bonds. The third-order valence-electron chi connectivity index (χ3n) is 2.60. The molecule has 0 aromatic heterocycles. The van der Waals surface area contributed by atoms with E-state index >= 15 is 0 Å². The molecule has 0 radical (unpaired) electrons. The van der Waals surface area contributed by atoms with Crippen molar-refractivity contribution in [3.63, 3.8) is 0 Å². The maximum absolute atomic E-state index is 12.4. The van der Waals surface area contributed by atoms with Crippen molar-refractivity contribution in [2.24, 2.45) is 16.0 Å².